The molecule has 3 nitrogen and oxygen atoms in total. The van der Waals surface area contributed by atoms with Crippen LogP contribution in [-0.4, -0.2) is 17.7 Å². The Morgan fingerprint density at radius 2 is 1.55 bits per heavy atom. The Kier molecular flexibility index (Phi) is 5.50. The van der Waals surface area contributed by atoms with Crippen LogP contribution in [0.5, 0.6) is 5.75 Å². The number of rotatable bonds is 6. The maximum Gasteiger partial charge on any atom is 0.341 e. The fourth-order valence-electron chi connectivity index (χ4n) is 3.47. The van der Waals surface area contributed by atoms with Gasteiger partial charge in [-0.15, -0.1) is 0 Å². The molecule has 0 aromatic heterocycles. The molecule has 1 N–H and O–H groups in total. The molecular formula is C25H19ClO3. The molecule has 0 radical (unpaired) electrons. The van der Waals surface area contributed by atoms with Gasteiger partial charge in [-0.3, -0.25) is 0 Å². The molecule has 0 aliphatic heterocycles. The Bertz CT molecular complexity index is 1160. The van der Waals surface area contributed by atoms with Crippen molar-refractivity contribution < 1.29 is 14.6 Å². The van der Waals surface area contributed by atoms with E-state index in [1.54, 1.807) is 0 Å². The van der Waals surface area contributed by atoms with E-state index >= 15 is 0 Å². The number of carboxylic acids is 1. The topological polar surface area (TPSA) is 46.5 Å². The number of fused-ring (bicyclic) bond motifs is 1. The lowest BCUT2D eigenvalue weighted by Gasteiger charge is -2.14. The molecule has 0 aliphatic rings. The Labute approximate surface area is 174 Å². The third-order valence-corrected chi connectivity index (χ3v) is 5.10. The van der Waals surface area contributed by atoms with Crippen LogP contribution in [0, 0.1) is 0 Å². The Balaban J connectivity index is 1.76. The number of halogens is 1. The van der Waals surface area contributed by atoms with Crippen LogP contribution in [0.2, 0.25) is 5.02 Å². The van der Waals surface area contributed by atoms with Gasteiger partial charge in [-0.25, -0.2) is 4.79 Å². The van der Waals surface area contributed by atoms with E-state index in [2.05, 4.69) is 30.3 Å². The molecule has 4 rings (SSSR count). The van der Waals surface area contributed by atoms with E-state index in [4.69, 9.17) is 21.4 Å². The number of ether oxygens (including phenoxy) is 1. The summed E-state index contributed by atoms with van der Waals surface area (Å²) in [5.74, 6) is -0.416. The molecule has 0 bridgehead atoms. The van der Waals surface area contributed by atoms with E-state index in [0.29, 0.717) is 17.2 Å². The summed E-state index contributed by atoms with van der Waals surface area (Å²) >= 11 is 6.01. The zero-order valence-electron chi connectivity index (χ0n) is 15.6. The standard InChI is InChI=1S/C25H19ClO3/c26-22-11-8-17(9-12-22)19-10-13-24(29-16-25(27)28)21(14-19)15-20-6-3-5-18-4-1-2-7-23(18)20/h1-14H,15-16H2,(H,27,28). The second-order valence-corrected chi connectivity index (χ2v) is 7.26. The van der Waals surface area contributed by atoms with Gasteiger partial charge in [-0.1, -0.05) is 72.3 Å². The molecule has 0 atom stereocenters. The molecule has 4 heteroatoms. The van der Waals surface area contributed by atoms with Crippen LogP contribution in [0.25, 0.3) is 21.9 Å². The third-order valence-electron chi connectivity index (χ3n) is 4.85. The van der Waals surface area contributed by atoms with Crippen molar-refractivity contribution in [2.45, 2.75) is 6.42 Å². The van der Waals surface area contributed by atoms with E-state index in [-0.39, 0.29) is 6.61 Å². The Morgan fingerprint density at radius 1 is 0.828 bits per heavy atom. The van der Waals surface area contributed by atoms with Gasteiger partial charge >= 0.3 is 5.97 Å². The first-order chi connectivity index (χ1) is 14.1. The van der Waals surface area contributed by atoms with Crippen LogP contribution in [-0.2, 0) is 11.2 Å². The fourth-order valence-corrected chi connectivity index (χ4v) is 3.60. The largest absolute Gasteiger partial charge is 0.482 e. The smallest absolute Gasteiger partial charge is 0.341 e. The molecule has 0 saturated heterocycles. The van der Waals surface area contributed by atoms with Gasteiger partial charge < -0.3 is 9.84 Å². The van der Waals surface area contributed by atoms with Crippen molar-refractivity contribution in [2.75, 3.05) is 6.61 Å². The van der Waals surface area contributed by atoms with Crippen LogP contribution < -0.4 is 4.74 Å². The van der Waals surface area contributed by atoms with Crippen molar-refractivity contribution in [3.63, 3.8) is 0 Å². The zero-order chi connectivity index (χ0) is 20.2. The molecule has 0 heterocycles. The van der Waals surface area contributed by atoms with Gasteiger partial charge in [-0.2, -0.15) is 0 Å². The minimum Gasteiger partial charge on any atom is -0.482 e. The lowest BCUT2D eigenvalue weighted by atomic mass is 9.95. The molecule has 0 saturated carbocycles. The summed E-state index contributed by atoms with van der Waals surface area (Å²) in [4.78, 5) is 11.0. The first-order valence-electron chi connectivity index (χ1n) is 9.30. The van der Waals surface area contributed by atoms with Gasteiger partial charge in [0.1, 0.15) is 5.75 Å². The number of aliphatic carboxylic acids is 1. The molecular weight excluding hydrogens is 384 g/mol. The van der Waals surface area contributed by atoms with Crippen molar-refractivity contribution in [2.24, 2.45) is 0 Å². The predicted molar refractivity (Wildman–Crippen MR) is 117 cm³/mol. The van der Waals surface area contributed by atoms with E-state index in [0.717, 1.165) is 22.3 Å². The minimum absolute atomic E-state index is 0.372. The predicted octanol–water partition coefficient (Wildman–Crippen LogP) is 6.21. The molecule has 0 fully saturated rings. The van der Waals surface area contributed by atoms with Crippen LogP contribution in [0.15, 0.2) is 84.9 Å². The average Bonchev–Trinajstić information content (AvgIpc) is 2.73. The van der Waals surface area contributed by atoms with E-state index in [9.17, 15) is 4.79 Å². The van der Waals surface area contributed by atoms with Crippen LogP contribution in [0.1, 0.15) is 11.1 Å². The number of hydrogen-bond acceptors (Lipinski definition) is 2. The number of hydrogen-bond donors (Lipinski definition) is 1. The summed E-state index contributed by atoms with van der Waals surface area (Å²) in [5, 5.41) is 12.1. The summed E-state index contributed by atoms with van der Waals surface area (Å²) in [6.45, 7) is -0.372. The van der Waals surface area contributed by atoms with Crippen molar-refractivity contribution in [3.8, 4) is 16.9 Å². The van der Waals surface area contributed by atoms with Gasteiger partial charge in [0.2, 0.25) is 0 Å². The maximum absolute atomic E-state index is 11.0. The van der Waals surface area contributed by atoms with Gasteiger partial charge in [0, 0.05) is 11.4 Å². The van der Waals surface area contributed by atoms with Crippen molar-refractivity contribution in [1.82, 2.24) is 0 Å². The summed E-state index contributed by atoms with van der Waals surface area (Å²) in [7, 11) is 0. The first-order valence-corrected chi connectivity index (χ1v) is 9.68. The summed E-state index contributed by atoms with van der Waals surface area (Å²) < 4.78 is 5.57. The summed E-state index contributed by atoms with van der Waals surface area (Å²) in [6.07, 6.45) is 0.637. The highest BCUT2D eigenvalue weighted by Crippen LogP contribution is 2.31. The van der Waals surface area contributed by atoms with Crippen molar-refractivity contribution >= 4 is 28.3 Å². The molecule has 0 unspecified atom stereocenters. The molecule has 0 amide bonds. The minimum atomic E-state index is -0.997. The lowest BCUT2D eigenvalue weighted by molar-refractivity contribution is -0.139. The lowest BCUT2D eigenvalue weighted by Crippen LogP contribution is -2.10. The van der Waals surface area contributed by atoms with Crippen LogP contribution in [0.3, 0.4) is 0 Å². The number of benzene rings is 4. The monoisotopic (exact) mass is 402 g/mol. The molecule has 144 valence electrons. The molecule has 4 aromatic rings. The highest BCUT2D eigenvalue weighted by Gasteiger charge is 2.11. The molecule has 0 spiro atoms. The second-order valence-electron chi connectivity index (χ2n) is 6.83. The van der Waals surface area contributed by atoms with Crippen LogP contribution in [0.4, 0.5) is 0 Å². The van der Waals surface area contributed by atoms with Gasteiger partial charge in [-0.05, 0) is 57.3 Å². The fraction of sp³-hybridized carbons (Fsp3) is 0.0800. The Hall–Kier alpha value is -3.30. The Morgan fingerprint density at radius 3 is 2.34 bits per heavy atom. The highest BCUT2D eigenvalue weighted by molar-refractivity contribution is 6.30. The quantitative estimate of drug-likeness (QED) is 0.416. The van der Waals surface area contributed by atoms with Gasteiger partial charge in [0.15, 0.2) is 6.61 Å². The van der Waals surface area contributed by atoms with Gasteiger partial charge in [0.05, 0.1) is 0 Å². The SMILES string of the molecule is O=C(O)COc1ccc(-c2ccc(Cl)cc2)cc1Cc1cccc2ccccc12. The van der Waals surface area contributed by atoms with Crippen molar-refractivity contribution in [1.29, 1.82) is 0 Å². The molecule has 0 aliphatic carbocycles. The zero-order valence-corrected chi connectivity index (χ0v) is 16.4. The van der Waals surface area contributed by atoms with E-state index in [1.165, 1.54) is 10.8 Å². The van der Waals surface area contributed by atoms with Gasteiger partial charge in [0.25, 0.3) is 0 Å². The summed E-state index contributed by atoms with van der Waals surface area (Å²) in [5.41, 5.74) is 4.17. The van der Waals surface area contributed by atoms with E-state index < -0.39 is 5.97 Å². The first kappa shape index (κ1) is 19.0. The maximum atomic E-state index is 11.0. The molecule has 4 aromatic carbocycles. The number of carbonyl (C=O) groups is 1. The van der Waals surface area contributed by atoms with E-state index in [1.807, 2.05) is 54.6 Å². The molecule has 29 heavy (non-hydrogen) atoms. The van der Waals surface area contributed by atoms with Crippen molar-refractivity contribution in [3.05, 3.63) is 101 Å². The summed E-state index contributed by atoms with van der Waals surface area (Å²) in [6, 6.07) is 28.0. The normalized spacial score (nSPS) is 10.8. The average molecular weight is 403 g/mol. The highest BCUT2D eigenvalue weighted by atomic mass is 35.5. The van der Waals surface area contributed by atoms with Crippen LogP contribution >= 0.6 is 11.6 Å². The third kappa shape index (κ3) is 4.41. The number of carboxylic acid groups (broad SMARTS) is 1. The second kappa shape index (κ2) is 8.38.